The van der Waals surface area contributed by atoms with E-state index in [1.54, 1.807) is 0 Å². The van der Waals surface area contributed by atoms with Gasteiger partial charge in [0.2, 0.25) is 0 Å². The topological polar surface area (TPSA) is 13.1 Å². The van der Waals surface area contributed by atoms with E-state index in [0.717, 1.165) is 32.7 Å². The van der Waals surface area contributed by atoms with E-state index in [-0.39, 0.29) is 58.6 Å². The van der Waals surface area contributed by atoms with Crippen molar-refractivity contribution < 1.29 is 15.4 Å². The highest BCUT2D eigenvalue weighted by Gasteiger charge is 2.17. The molecule has 8 aromatic rings. The van der Waals surface area contributed by atoms with Crippen molar-refractivity contribution >= 4 is 54.3 Å². The largest absolute Gasteiger partial charge is 0.456 e. The summed E-state index contributed by atoms with van der Waals surface area (Å²) >= 11 is 0. The van der Waals surface area contributed by atoms with Gasteiger partial charge < -0.3 is 4.42 Å². The molecule has 0 fully saturated rings. The molecular weight excluding hydrogens is 472 g/mol. The molecule has 1 aromatic heterocycles. The van der Waals surface area contributed by atoms with Gasteiger partial charge in [-0.3, -0.25) is 0 Å². The van der Waals surface area contributed by atoms with E-state index in [4.69, 9.17) is 9.90 Å². The molecule has 0 aliphatic carbocycles. The molecule has 0 spiro atoms. The highest BCUT2D eigenvalue weighted by molar-refractivity contribution is 6.08. The van der Waals surface area contributed by atoms with E-state index >= 15 is 0 Å². The second kappa shape index (κ2) is 8.85. The van der Waals surface area contributed by atoms with E-state index in [1.807, 2.05) is 84.9 Å². The van der Waals surface area contributed by atoms with Gasteiger partial charge in [0.05, 0.1) is 11.0 Å². The quantitative estimate of drug-likeness (QED) is 0.216. The first-order chi connectivity index (χ1) is 22.7. The van der Waals surface area contributed by atoms with Gasteiger partial charge >= 0.3 is 0 Å². The third-order valence-corrected chi connectivity index (χ3v) is 7.68. The first-order valence-electron chi connectivity index (χ1n) is 17.0. The molecule has 1 nitrogen and oxygen atoms in total. The summed E-state index contributed by atoms with van der Waals surface area (Å²) in [6, 6.07) is 24.6. The molecule has 0 aliphatic heterocycles. The van der Waals surface area contributed by atoms with Crippen LogP contribution in [0.1, 0.15) is 33.2 Å². The average Bonchev–Trinajstić information content (AvgIpc) is 3.48. The zero-order chi connectivity index (χ0) is 32.7. The second-order valence-corrected chi connectivity index (χ2v) is 9.84. The summed E-state index contributed by atoms with van der Waals surface area (Å²) < 4.78 is 77.7. The highest BCUT2D eigenvalue weighted by atomic mass is 16.3. The fourth-order valence-corrected chi connectivity index (χ4v) is 5.91. The number of hydrogen-bond acceptors (Lipinski definition) is 1. The average molecular weight is 507 g/mol. The van der Waals surface area contributed by atoms with Crippen LogP contribution in [-0.4, -0.2) is 0 Å². The summed E-state index contributed by atoms with van der Waals surface area (Å²) in [7, 11) is 0. The number of furan rings is 1. The molecule has 0 saturated carbocycles. The Labute approximate surface area is 238 Å². The summed E-state index contributed by atoms with van der Waals surface area (Å²) in [5.74, 6) is 0. The normalized spacial score (nSPS) is 14.7. The number of hydrogen-bond donors (Lipinski definition) is 0. The molecule has 8 rings (SSSR count). The third-order valence-electron chi connectivity index (χ3n) is 7.68. The first kappa shape index (κ1) is 15.5. The van der Waals surface area contributed by atoms with Crippen LogP contribution < -0.4 is 0 Å². The van der Waals surface area contributed by atoms with Gasteiger partial charge in [-0.2, -0.15) is 0 Å². The third kappa shape index (κ3) is 3.55. The van der Waals surface area contributed by atoms with Crippen molar-refractivity contribution in [1.29, 1.82) is 0 Å². The number of benzene rings is 7. The van der Waals surface area contributed by atoms with E-state index in [9.17, 15) is 5.48 Å². The Hall–Kier alpha value is -4.88. The van der Waals surface area contributed by atoms with Crippen molar-refractivity contribution in [3.05, 3.63) is 156 Å². The van der Waals surface area contributed by atoms with Crippen LogP contribution in [0.25, 0.3) is 54.3 Å². The van der Waals surface area contributed by atoms with Crippen molar-refractivity contribution in [2.75, 3.05) is 0 Å². The van der Waals surface area contributed by atoms with E-state index in [1.165, 1.54) is 0 Å². The molecule has 0 saturated heterocycles. The maximum Gasteiger partial charge on any atom is 0.138 e. The van der Waals surface area contributed by atoms with Crippen molar-refractivity contribution in [3.63, 3.8) is 0 Å². The zero-order valence-electron chi connectivity index (χ0n) is 28.9. The Bertz CT molecular complexity index is 2540. The van der Waals surface area contributed by atoms with Crippen LogP contribution in [0.15, 0.2) is 138 Å². The van der Waals surface area contributed by atoms with Gasteiger partial charge in [0.15, 0.2) is 0 Å². The minimum atomic E-state index is -0.401. The van der Waals surface area contributed by atoms with Crippen molar-refractivity contribution in [3.8, 4) is 0 Å². The van der Waals surface area contributed by atoms with Crippen LogP contribution in [0, 0.1) is 0 Å². The van der Waals surface area contributed by atoms with Crippen molar-refractivity contribution in [2.24, 2.45) is 0 Å². The van der Waals surface area contributed by atoms with Gasteiger partial charge in [-0.1, -0.05) is 127 Å². The zero-order valence-corrected chi connectivity index (χ0v) is 20.9. The first-order valence-corrected chi connectivity index (χ1v) is 13.0. The molecule has 39 heavy (non-hydrogen) atoms. The molecule has 0 unspecified atom stereocenters. The molecule has 0 amide bonds. The Balaban J connectivity index is 1.54. The van der Waals surface area contributed by atoms with Gasteiger partial charge in [0.25, 0.3) is 0 Å². The number of rotatable bonds is 4. The number of fused-ring (bicyclic) bond motifs is 6. The van der Waals surface area contributed by atoms with Crippen molar-refractivity contribution in [2.45, 2.75) is 12.8 Å². The number of para-hydroxylation sites is 2. The molecule has 0 aliphatic rings. The van der Waals surface area contributed by atoms with E-state index in [2.05, 4.69) is 0 Å². The van der Waals surface area contributed by atoms with E-state index in [0.29, 0.717) is 22.3 Å². The van der Waals surface area contributed by atoms with Crippen LogP contribution >= 0.6 is 0 Å². The van der Waals surface area contributed by atoms with Crippen LogP contribution in [0.5, 0.6) is 0 Å². The molecule has 1 heterocycles. The summed E-state index contributed by atoms with van der Waals surface area (Å²) in [5.41, 5.74) is 3.79. The molecule has 0 radical (unpaired) electrons. The molecule has 0 N–H and O–H groups in total. The standard InChI is InChI=1S/C38H26O/c1-2-15-28-25(11-1)12-9-13-26(28)23-35-29-16-3-5-18-31(29)36(32-19-6-4-17-30(32)35)24-27-14-10-21-34-33-20-7-8-22-37(33)39-38(27)34/h1-22H,23-24H2/i3D,4D,5D,6D,16D,17D,18D,19D. The lowest BCUT2D eigenvalue weighted by molar-refractivity contribution is 0.664. The minimum Gasteiger partial charge on any atom is -0.456 e. The lowest BCUT2D eigenvalue weighted by Crippen LogP contribution is -1.99. The summed E-state index contributed by atoms with van der Waals surface area (Å²) in [5, 5.41) is 4.79. The van der Waals surface area contributed by atoms with E-state index < -0.39 is 24.2 Å². The predicted octanol–water partition coefficient (Wildman–Crippen LogP) is 10.2. The summed E-state index contributed by atoms with van der Waals surface area (Å²) in [6.07, 6.45) is 0.306. The maximum absolute atomic E-state index is 9.18. The molecule has 1 heteroatoms. The summed E-state index contributed by atoms with van der Waals surface area (Å²) in [6.45, 7) is 0. The van der Waals surface area contributed by atoms with Crippen molar-refractivity contribution in [1.82, 2.24) is 0 Å². The Morgan fingerprint density at radius 1 is 0.462 bits per heavy atom. The van der Waals surface area contributed by atoms with Crippen LogP contribution in [0.2, 0.25) is 0 Å². The lowest BCUT2D eigenvalue weighted by atomic mass is 9.86. The second-order valence-electron chi connectivity index (χ2n) is 9.84. The fourth-order valence-electron chi connectivity index (χ4n) is 5.91. The van der Waals surface area contributed by atoms with Gasteiger partial charge in [-0.25, -0.2) is 0 Å². The SMILES string of the molecule is [2H]c1c([2H])c([2H])c2c(Cc3cccc4c3oc3ccccc34)c3c([2H])c([2H])c([2H])c([2H])c3c(Cc3cccc4ccccc34)c2c1[2H]. The monoisotopic (exact) mass is 506 g/mol. The predicted molar refractivity (Wildman–Crippen MR) is 165 cm³/mol. The highest BCUT2D eigenvalue weighted by Crippen LogP contribution is 2.38. The van der Waals surface area contributed by atoms with Crippen LogP contribution in [-0.2, 0) is 12.8 Å². The van der Waals surface area contributed by atoms with Crippen LogP contribution in [0.3, 0.4) is 0 Å². The molecule has 0 atom stereocenters. The summed E-state index contributed by atoms with van der Waals surface area (Å²) in [4.78, 5) is 0. The maximum atomic E-state index is 9.18. The molecule has 0 bridgehead atoms. The Morgan fingerprint density at radius 2 is 0.974 bits per heavy atom. The Morgan fingerprint density at radius 3 is 1.69 bits per heavy atom. The fraction of sp³-hybridized carbons (Fsp3) is 0.0526. The molecular formula is C38H26O. The Kier molecular flexibility index (Phi) is 3.52. The molecule has 7 aromatic carbocycles. The van der Waals surface area contributed by atoms with Gasteiger partial charge in [-0.05, 0) is 67.1 Å². The van der Waals surface area contributed by atoms with Gasteiger partial charge in [0, 0.05) is 17.2 Å². The smallest absolute Gasteiger partial charge is 0.138 e. The lowest BCUT2D eigenvalue weighted by Gasteiger charge is -2.18. The van der Waals surface area contributed by atoms with Gasteiger partial charge in [0.1, 0.15) is 11.2 Å². The molecule has 184 valence electrons. The minimum absolute atomic E-state index is 0.114. The van der Waals surface area contributed by atoms with Gasteiger partial charge in [-0.15, -0.1) is 0 Å². The van der Waals surface area contributed by atoms with Crippen LogP contribution in [0.4, 0.5) is 0 Å².